The zero-order chi connectivity index (χ0) is 37.4. The van der Waals surface area contributed by atoms with Crippen molar-refractivity contribution in [3.8, 4) is 17.0 Å². The van der Waals surface area contributed by atoms with E-state index in [4.69, 9.17) is 9.47 Å². The van der Waals surface area contributed by atoms with Gasteiger partial charge in [-0.15, -0.1) is 0 Å². The molecular formula is C38H42F3N5O5S. The average molecular weight is 738 g/mol. The monoisotopic (exact) mass is 737 g/mol. The Morgan fingerprint density at radius 2 is 1.65 bits per heavy atom. The number of anilines is 1. The topological polar surface area (TPSA) is 124 Å². The van der Waals surface area contributed by atoms with E-state index in [1.807, 2.05) is 20.8 Å². The van der Waals surface area contributed by atoms with E-state index in [1.165, 1.54) is 29.2 Å². The normalized spacial score (nSPS) is 18.4. The highest BCUT2D eigenvalue weighted by atomic mass is 32.2. The fourth-order valence-electron chi connectivity index (χ4n) is 6.83. The number of amides is 1. The number of rotatable bonds is 5. The lowest BCUT2D eigenvalue weighted by Crippen LogP contribution is -2.45. The van der Waals surface area contributed by atoms with E-state index in [9.17, 15) is 13.2 Å². The third-order valence-corrected chi connectivity index (χ3v) is 10.6. The van der Waals surface area contributed by atoms with Crippen LogP contribution in [0.1, 0.15) is 84.4 Å². The molecule has 1 fully saturated rings. The number of fused-ring (bicyclic) bond motifs is 4. The van der Waals surface area contributed by atoms with Gasteiger partial charge in [0.05, 0.1) is 40.8 Å². The van der Waals surface area contributed by atoms with Gasteiger partial charge in [-0.3, -0.25) is 19.5 Å². The van der Waals surface area contributed by atoms with Crippen LogP contribution in [0.25, 0.3) is 11.3 Å². The minimum Gasteiger partial charge on any atom is -0.491 e. The van der Waals surface area contributed by atoms with Crippen molar-refractivity contribution in [3.05, 3.63) is 94.6 Å². The summed E-state index contributed by atoms with van der Waals surface area (Å²) >= 11 is 0. The number of hydrogen-bond donors (Lipinski definition) is 1. The number of hydrogen-bond acceptors (Lipinski definition) is 8. The molecule has 52 heavy (non-hydrogen) atoms. The van der Waals surface area contributed by atoms with Crippen LogP contribution in [-0.2, 0) is 27.5 Å². The Morgan fingerprint density at radius 3 is 2.29 bits per heavy atom. The molecule has 0 radical (unpaired) electrons. The number of carbonyl (C=O) groups excluding carboxylic acids is 1. The maximum atomic E-state index is 15.1. The predicted molar refractivity (Wildman–Crippen MR) is 189 cm³/mol. The standard InChI is InChI=1S/C38H42F3N5O5S/c1-23-8-6-9-24(2)33(23)35-34(38(39,40)41)31-17-32(44-35)45-52(48,49)29-11-7-10-26(16-29)36(47)46(28(22-51-31)18-37(3,4)5)21-27-19-43-30(20-42-27)25-12-14-50-15-13-25/h6-11,16-17,19-20,25,28H,12-15,18,21-22H2,1-5H3,(H,44,45)/t28-/m1/s1. The number of carbonyl (C=O) groups is 1. The number of aryl methyl sites for hydroxylation is 2. The first-order valence-corrected chi connectivity index (χ1v) is 18.6. The van der Waals surface area contributed by atoms with Crippen LogP contribution in [0.5, 0.6) is 5.75 Å². The van der Waals surface area contributed by atoms with Crippen LogP contribution in [-0.4, -0.2) is 60.0 Å². The lowest BCUT2D eigenvalue weighted by atomic mass is 9.87. The Kier molecular flexibility index (Phi) is 10.3. The third-order valence-electron chi connectivity index (χ3n) is 9.29. The number of sulfonamides is 1. The van der Waals surface area contributed by atoms with Crippen molar-refractivity contribution < 1.29 is 35.9 Å². The molecule has 4 aromatic rings. The second kappa shape index (κ2) is 14.5. The Bertz CT molecular complexity index is 2040. The van der Waals surface area contributed by atoms with E-state index in [2.05, 4.69) is 19.7 Å². The molecule has 2 aromatic carbocycles. The van der Waals surface area contributed by atoms with Gasteiger partial charge in [0, 0.05) is 42.5 Å². The zero-order valence-corrected chi connectivity index (χ0v) is 30.6. The van der Waals surface area contributed by atoms with E-state index >= 15 is 13.2 Å². The third kappa shape index (κ3) is 8.23. The smallest absolute Gasteiger partial charge is 0.422 e. The molecule has 1 N–H and O–H groups in total. The molecule has 4 heterocycles. The summed E-state index contributed by atoms with van der Waals surface area (Å²) in [5, 5.41) is 0. The molecule has 0 unspecified atom stereocenters. The van der Waals surface area contributed by atoms with Gasteiger partial charge in [-0.25, -0.2) is 13.4 Å². The molecule has 2 aliphatic heterocycles. The van der Waals surface area contributed by atoms with Crippen LogP contribution >= 0.6 is 0 Å². The van der Waals surface area contributed by atoms with E-state index in [1.54, 1.807) is 44.4 Å². The minimum absolute atomic E-state index is 0.0550. The van der Waals surface area contributed by atoms with Gasteiger partial charge >= 0.3 is 6.18 Å². The molecule has 10 nitrogen and oxygen atoms in total. The number of halogens is 3. The number of nitrogens with zero attached hydrogens (tertiary/aromatic N) is 4. The Labute approximate surface area is 301 Å². The molecule has 0 aliphatic carbocycles. The molecule has 0 spiro atoms. The number of benzene rings is 2. The second-order valence-electron chi connectivity index (χ2n) is 14.6. The number of nitrogens with one attached hydrogen (secondary N) is 1. The molecule has 0 saturated carbocycles. The van der Waals surface area contributed by atoms with Gasteiger partial charge in [0.1, 0.15) is 23.7 Å². The Hall–Kier alpha value is -4.56. The van der Waals surface area contributed by atoms with E-state index < -0.39 is 50.6 Å². The van der Waals surface area contributed by atoms with Crippen LogP contribution in [0, 0.1) is 19.3 Å². The number of alkyl halides is 3. The van der Waals surface area contributed by atoms with Crippen molar-refractivity contribution in [2.24, 2.45) is 5.41 Å². The minimum atomic E-state index is -4.94. The highest BCUT2D eigenvalue weighted by Gasteiger charge is 2.41. The number of ether oxygens (including phenoxy) is 2. The van der Waals surface area contributed by atoms with Gasteiger partial charge in [0.2, 0.25) is 0 Å². The van der Waals surface area contributed by atoms with Gasteiger partial charge in [0.15, 0.2) is 0 Å². The summed E-state index contributed by atoms with van der Waals surface area (Å²) in [5.41, 5.74) is 0.547. The summed E-state index contributed by atoms with van der Waals surface area (Å²) < 4.78 is 86.9. The summed E-state index contributed by atoms with van der Waals surface area (Å²) in [7, 11) is -4.44. The van der Waals surface area contributed by atoms with E-state index in [-0.39, 0.29) is 40.9 Å². The van der Waals surface area contributed by atoms with Crippen LogP contribution < -0.4 is 9.46 Å². The van der Waals surface area contributed by atoms with Gasteiger partial charge in [-0.2, -0.15) is 13.2 Å². The van der Waals surface area contributed by atoms with Crippen molar-refractivity contribution in [3.63, 3.8) is 0 Å². The molecule has 14 heteroatoms. The molecule has 2 aliphatic rings. The van der Waals surface area contributed by atoms with Crippen molar-refractivity contribution in [2.45, 2.75) is 83.5 Å². The second-order valence-corrected chi connectivity index (χ2v) is 16.3. The summed E-state index contributed by atoms with van der Waals surface area (Å²) in [6, 6.07) is 10.7. The first-order valence-electron chi connectivity index (χ1n) is 17.1. The fourth-order valence-corrected chi connectivity index (χ4v) is 7.87. The summed E-state index contributed by atoms with van der Waals surface area (Å²) in [6.45, 7) is 10.1. The molecular weight excluding hydrogens is 696 g/mol. The quantitative estimate of drug-likeness (QED) is 0.221. The zero-order valence-electron chi connectivity index (χ0n) is 29.8. The lowest BCUT2D eigenvalue weighted by Gasteiger charge is -2.36. The number of pyridine rings is 1. The van der Waals surface area contributed by atoms with Crippen molar-refractivity contribution in [1.82, 2.24) is 19.9 Å². The first kappa shape index (κ1) is 37.2. The lowest BCUT2D eigenvalue weighted by molar-refractivity contribution is -0.138. The number of aromatic nitrogens is 3. The molecule has 6 rings (SSSR count). The van der Waals surface area contributed by atoms with Crippen molar-refractivity contribution in [1.29, 1.82) is 0 Å². The largest absolute Gasteiger partial charge is 0.491 e. The fraction of sp³-hybridized carbons (Fsp3) is 0.421. The maximum absolute atomic E-state index is 15.1. The van der Waals surface area contributed by atoms with Crippen LogP contribution in [0.3, 0.4) is 0 Å². The van der Waals surface area contributed by atoms with E-state index in [0.717, 1.165) is 24.6 Å². The van der Waals surface area contributed by atoms with Crippen LogP contribution in [0.2, 0.25) is 0 Å². The first-order chi connectivity index (χ1) is 24.5. The molecule has 2 aromatic heterocycles. The van der Waals surface area contributed by atoms with Crippen molar-refractivity contribution >= 4 is 21.7 Å². The average Bonchev–Trinajstić information content (AvgIpc) is 3.08. The molecule has 1 saturated heterocycles. The molecule has 1 atom stereocenters. The molecule has 1 amide bonds. The van der Waals surface area contributed by atoms with Gasteiger partial charge < -0.3 is 14.4 Å². The Morgan fingerprint density at radius 1 is 0.962 bits per heavy atom. The Balaban J connectivity index is 1.51. The molecule has 4 bridgehead atoms. The summed E-state index contributed by atoms with van der Waals surface area (Å²) in [5.74, 6) is -1.32. The highest BCUT2D eigenvalue weighted by Crippen LogP contribution is 2.45. The van der Waals surface area contributed by atoms with E-state index in [0.29, 0.717) is 36.5 Å². The SMILES string of the molecule is Cc1cccc(C)c1-c1nc2cc(c1C(F)(F)F)OC[C@@H](CC(C)(C)C)N(Cc1cnc(C3CCOCC3)cn1)C(=O)c1cccc(c1)S(=O)(=O)N2. The predicted octanol–water partition coefficient (Wildman–Crippen LogP) is 7.71. The maximum Gasteiger partial charge on any atom is 0.422 e. The summed E-state index contributed by atoms with van der Waals surface area (Å²) in [6.07, 6.45) is 0.312. The highest BCUT2D eigenvalue weighted by molar-refractivity contribution is 7.92. The van der Waals surface area contributed by atoms with Crippen LogP contribution in [0.4, 0.5) is 19.0 Å². The van der Waals surface area contributed by atoms with Crippen LogP contribution in [0.15, 0.2) is 65.8 Å². The van der Waals surface area contributed by atoms with Gasteiger partial charge in [0.25, 0.3) is 15.9 Å². The van der Waals surface area contributed by atoms with Gasteiger partial charge in [-0.1, -0.05) is 45.0 Å². The van der Waals surface area contributed by atoms with Crippen molar-refractivity contribution in [2.75, 3.05) is 24.5 Å². The van der Waals surface area contributed by atoms with Gasteiger partial charge in [-0.05, 0) is 67.9 Å². The summed E-state index contributed by atoms with van der Waals surface area (Å²) in [4.78, 5) is 29.2. The molecule has 276 valence electrons.